The van der Waals surface area contributed by atoms with E-state index in [0.29, 0.717) is 13.1 Å². The first kappa shape index (κ1) is 15.6. The van der Waals surface area contributed by atoms with E-state index in [1.54, 1.807) is 0 Å². The molecule has 19 heavy (non-hydrogen) atoms. The molecule has 1 aromatic rings. The van der Waals surface area contributed by atoms with Gasteiger partial charge in [0.05, 0.1) is 0 Å². The first-order valence-corrected chi connectivity index (χ1v) is 6.34. The van der Waals surface area contributed by atoms with Crippen LogP contribution in [0, 0.1) is 17.0 Å². The molecule has 0 spiro atoms. The lowest BCUT2D eigenvalue weighted by molar-refractivity contribution is 0.170. The van der Waals surface area contributed by atoms with Gasteiger partial charge in [-0.25, -0.2) is 13.8 Å². The SMILES string of the molecule is CCCNc1nc(NCC(C)(C)CO)c(F)cc1F. The van der Waals surface area contributed by atoms with Gasteiger partial charge in [0.2, 0.25) is 0 Å². The Morgan fingerprint density at radius 1 is 1.21 bits per heavy atom. The van der Waals surface area contributed by atoms with E-state index in [1.807, 2.05) is 20.8 Å². The second kappa shape index (κ2) is 6.65. The molecule has 0 atom stereocenters. The summed E-state index contributed by atoms with van der Waals surface area (Å²) < 4.78 is 27.0. The molecule has 0 saturated heterocycles. The summed E-state index contributed by atoms with van der Waals surface area (Å²) in [6.07, 6.45) is 0.818. The van der Waals surface area contributed by atoms with Gasteiger partial charge >= 0.3 is 0 Å². The van der Waals surface area contributed by atoms with E-state index < -0.39 is 17.0 Å². The van der Waals surface area contributed by atoms with E-state index >= 15 is 0 Å². The molecule has 0 aliphatic rings. The average Bonchev–Trinajstić information content (AvgIpc) is 2.36. The van der Waals surface area contributed by atoms with Gasteiger partial charge < -0.3 is 15.7 Å². The van der Waals surface area contributed by atoms with E-state index in [0.717, 1.165) is 12.5 Å². The van der Waals surface area contributed by atoms with Crippen LogP contribution in [0.4, 0.5) is 20.4 Å². The number of aromatic nitrogens is 1. The molecule has 1 rings (SSSR count). The Balaban J connectivity index is 2.82. The van der Waals surface area contributed by atoms with Crippen molar-refractivity contribution in [1.29, 1.82) is 0 Å². The highest BCUT2D eigenvalue weighted by Gasteiger charge is 2.18. The minimum Gasteiger partial charge on any atom is -0.396 e. The summed E-state index contributed by atoms with van der Waals surface area (Å²) in [6.45, 7) is 6.47. The van der Waals surface area contributed by atoms with Crippen molar-refractivity contribution in [2.45, 2.75) is 27.2 Å². The Bertz CT molecular complexity index is 425. The van der Waals surface area contributed by atoms with Crippen LogP contribution in [0.2, 0.25) is 0 Å². The van der Waals surface area contributed by atoms with Crippen molar-refractivity contribution in [2.75, 3.05) is 30.3 Å². The summed E-state index contributed by atoms with van der Waals surface area (Å²) in [6, 6.07) is 0.805. The molecule has 3 N–H and O–H groups in total. The van der Waals surface area contributed by atoms with Crippen LogP contribution < -0.4 is 10.6 Å². The quantitative estimate of drug-likeness (QED) is 0.715. The number of rotatable bonds is 7. The van der Waals surface area contributed by atoms with Crippen molar-refractivity contribution >= 4 is 11.6 Å². The first-order valence-electron chi connectivity index (χ1n) is 6.34. The Kier molecular flexibility index (Phi) is 5.47. The lowest BCUT2D eigenvalue weighted by atomic mass is 9.95. The van der Waals surface area contributed by atoms with Crippen molar-refractivity contribution in [3.05, 3.63) is 17.7 Å². The summed E-state index contributed by atoms with van der Waals surface area (Å²) in [5, 5.41) is 14.7. The molecule has 0 saturated carbocycles. The van der Waals surface area contributed by atoms with E-state index in [4.69, 9.17) is 5.11 Å². The average molecular weight is 273 g/mol. The molecule has 0 aliphatic heterocycles. The molecule has 0 fully saturated rings. The summed E-state index contributed by atoms with van der Waals surface area (Å²) in [7, 11) is 0. The second-order valence-electron chi connectivity index (χ2n) is 5.25. The number of hydrogen-bond acceptors (Lipinski definition) is 4. The van der Waals surface area contributed by atoms with Crippen molar-refractivity contribution < 1.29 is 13.9 Å². The third kappa shape index (κ3) is 4.63. The van der Waals surface area contributed by atoms with Gasteiger partial charge in [-0.2, -0.15) is 0 Å². The highest BCUT2D eigenvalue weighted by Crippen LogP contribution is 2.21. The standard InChI is InChI=1S/C13H21F2N3O/c1-4-5-16-11-9(14)6-10(15)12(18-11)17-7-13(2,3)8-19/h6,19H,4-5,7-8H2,1-3H3,(H2,16,17,18). The van der Waals surface area contributed by atoms with Crippen molar-refractivity contribution in [3.63, 3.8) is 0 Å². The summed E-state index contributed by atoms with van der Waals surface area (Å²) >= 11 is 0. The molecule has 108 valence electrons. The minimum atomic E-state index is -0.742. The first-order chi connectivity index (χ1) is 8.89. The van der Waals surface area contributed by atoms with Gasteiger partial charge in [-0.15, -0.1) is 0 Å². The van der Waals surface area contributed by atoms with E-state index in [-0.39, 0.29) is 18.2 Å². The van der Waals surface area contributed by atoms with Gasteiger partial charge in [-0.05, 0) is 6.42 Å². The molecule has 0 radical (unpaired) electrons. The van der Waals surface area contributed by atoms with Gasteiger partial charge in [0.1, 0.15) is 0 Å². The molecule has 4 nitrogen and oxygen atoms in total. The van der Waals surface area contributed by atoms with Gasteiger partial charge in [-0.3, -0.25) is 0 Å². The zero-order valence-electron chi connectivity index (χ0n) is 11.6. The predicted octanol–water partition coefficient (Wildman–Crippen LogP) is 2.61. The van der Waals surface area contributed by atoms with Crippen molar-refractivity contribution in [1.82, 2.24) is 4.98 Å². The maximum Gasteiger partial charge on any atom is 0.168 e. The molecule has 0 unspecified atom stereocenters. The number of pyridine rings is 1. The largest absolute Gasteiger partial charge is 0.396 e. The van der Waals surface area contributed by atoms with Crippen LogP contribution in [0.3, 0.4) is 0 Å². The molecule has 0 amide bonds. The second-order valence-corrected chi connectivity index (χ2v) is 5.25. The summed E-state index contributed by atoms with van der Waals surface area (Å²) in [4.78, 5) is 3.89. The third-order valence-corrected chi connectivity index (χ3v) is 2.63. The Labute approximate surface area is 112 Å². The highest BCUT2D eigenvalue weighted by molar-refractivity contribution is 5.47. The van der Waals surface area contributed by atoms with Gasteiger partial charge in [0, 0.05) is 31.2 Å². The number of halogens is 2. The van der Waals surface area contributed by atoms with Crippen LogP contribution in [0.1, 0.15) is 27.2 Å². The van der Waals surface area contributed by atoms with Crippen LogP contribution in [-0.4, -0.2) is 29.8 Å². The van der Waals surface area contributed by atoms with E-state index in [2.05, 4.69) is 15.6 Å². The van der Waals surface area contributed by atoms with E-state index in [9.17, 15) is 8.78 Å². The lowest BCUT2D eigenvalue weighted by Gasteiger charge is -2.22. The van der Waals surface area contributed by atoms with Gasteiger partial charge in [0.15, 0.2) is 23.3 Å². The van der Waals surface area contributed by atoms with Crippen LogP contribution in [-0.2, 0) is 0 Å². The summed E-state index contributed by atoms with van der Waals surface area (Å²) in [5.74, 6) is -1.43. The van der Waals surface area contributed by atoms with E-state index in [1.165, 1.54) is 0 Å². The fourth-order valence-electron chi connectivity index (χ4n) is 1.34. The number of aliphatic hydroxyl groups is 1. The monoisotopic (exact) mass is 273 g/mol. The van der Waals surface area contributed by atoms with Crippen LogP contribution >= 0.6 is 0 Å². The Morgan fingerprint density at radius 2 is 1.79 bits per heavy atom. The normalized spacial score (nSPS) is 11.5. The number of anilines is 2. The number of nitrogens with zero attached hydrogens (tertiary/aromatic N) is 1. The third-order valence-electron chi connectivity index (χ3n) is 2.63. The maximum atomic E-state index is 13.6. The number of nitrogens with one attached hydrogen (secondary N) is 2. The molecule has 1 heterocycles. The van der Waals surface area contributed by atoms with Gasteiger partial charge in [-0.1, -0.05) is 20.8 Å². The molecule has 0 aliphatic carbocycles. The predicted molar refractivity (Wildman–Crippen MR) is 72.3 cm³/mol. The van der Waals surface area contributed by atoms with Crippen LogP contribution in [0.5, 0.6) is 0 Å². The van der Waals surface area contributed by atoms with Gasteiger partial charge in [0.25, 0.3) is 0 Å². The zero-order chi connectivity index (χ0) is 14.5. The van der Waals surface area contributed by atoms with Crippen molar-refractivity contribution in [2.24, 2.45) is 5.41 Å². The molecular formula is C13H21F2N3O. The number of aliphatic hydroxyl groups excluding tert-OH is 1. The molecule has 0 aromatic carbocycles. The van der Waals surface area contributed by atoms with Crippen LogP contribution in [0.25, 0.3) is 0 Å². The molecule has 1 aromatic heterocycles. The van der Waals surface area contributed by atoms with Crippen molar-refractivity contribution in [3.8, 4) is 0 Å². The lowest BCUT2D eigenvalue weighted by Crippen LogP contribution is -2.27. The number of hydrogen-bond donors (Lipinski definition) is 3. The summed E-state index contributed by atoms with van der Waals surface area (Å²) in [5.41, 5.74) is -0.403. The topological polar surface area (TPSA) is 57.2 Å². The molecule has 0 bridgehead atoms. The highest BCUT2D eigenvalue weighted by atomic mass is 19.1. The minimum absolute atomic E-state index is 0.0125. The maximum absolute atomic E-state index is 13.6. The Morgan fingerprint density at radius 3 is 2.32 bits per heavy atom. The Hall–Kier alpha value is -1.43. The molecule has 6 heteroatoms. The molecular weight excluding hydrogens is 252 g/mol. The smallest absolute Gasteiger partial charge is 0.168 e. The fourth-order valence-corrected chi connectivity index (χ4v) is 1.34. The van der Waals surface area contributed by atoms with Crippen LogP contribution in [0.15, 0.2) is 6.07 Å². The zero-order valence-corrected chi connectivity index (χ0v) is 11.6. The fraction of sp³-hybridized carbons (Fsp3) is 0.615.